The van der Waals surface area contributed by atoms with Crippen molar-refractivity contribution in [1.29, 1.82) is 0 Å². The third-order valence-electron chi connectivity index (χ3n) is 2.60. The largest absolute Gasteiger partial charge is 0.368 e. The van der Waals surface area contributed by atoms with Crippen molar-refractivity contribution in [2.24, 2.45) is 11.5 Å². The first-order valence-corrected chi connectivity index (χ1v) is 5.84. The van der Waals surface area contributed by atoms with Crippen LogP contribution < -0.4 is 11.5 Å². The van der Waals surface area contributed by atoms with E-state index in [1.165, 1.54) is 10.5 Å². The first kappa shape index (κ1) is 10.5. The Morgan fingerprint density at radius 3 is 2.93 bits per heavy atom. The molecule has 2 unspecified atom stereocenters. The summed E-state index contributed by atoms with van der Waals surface area (Å²) in [5.74, 6) is -0.411. The molecule has 3 nitrogen and oxygen atoms in total. The Kier molecular flexibility index (Phi) is 2.98. The molecule has 1 aliphatic heterocycles. The van der Waals surface area contributed by atoms with Crippen LogP contribution in [0.15, 0.2) is 29.2 Å². The Bertz CT molecular complexity index is 356. The normalized spacial score (nSPS) is 21.0. The predicted octanol–water partition coefficient (Wildman–Crippen LogP) is 0.906. The molecule has 2 atom stereocenters. The number of rotatable bonds is 3. The molecule has 1 aromatic carbocycles. The summed E-state index contributed by atoms with van der Waals surface area (Å²) in [6.45, 7) is 0. The summed E-state index contributed by atoms with van der Waals surface area (Å²) in [4.78, 5) is 12.2. The van der Waals surface area contributed by atoms with Crippen LogP contribution in [-0.4, -0.2) is 17.2 Å². The van der Waals surface area contributed by atoms with E-state index in [4.69, 9.17) is 11.5 Å². The highest BCUT2D eigenvalue weighted by Crippen LogP contribution is 2.38. The number of carbonyl (C=O) groups is 1. The van der Waals surface area contributed by atoms with Crippen molar-refractivity contribution in [3.8, 4) is 0 Å². The van der Waals surface area contributed by atoms with Gasteiger partial charge in [0.1, 0.15) is 0 Å². The first-order chi connectivity index (χ1) is 7.16. The molecule has 1 heterocycles. The van der Waals surface area contributed by atoms with E-state index in [9.17, 15) is 4.79 Å². The van der Waals surface area contributed by atoms with Crippen LogP contribution in [0, 0.1) is 0 Å². The van der Waals surface area contributed by atoms with Gasteiger partial charge in [-0.1, -0.05) is 18.2 Å². The van der Waals surface area contributed by atoms with E-state index in [-0.39, 0.29) is 0 Å². The second kappa shape index (κ2) is 4.24. The average molecular weight is 222 g/mol. The van der Waals surface area contributed by atoms with Crippen LogP contribution in [-0.2, 0) is 11.2 Å². The molecule has 0 saturated heterocycles. The summed E-state index contributed by atoms with van der Waals surface area (Å²) in [5, 5.41) is 0.393. The summed E-state index contributed by atoms with van der Waals surface area (Å²) in [5.41, 5.74) is 12.1. The summed E-state index contributed by atoms with van der Waals surface area (Å²) >= 11 is 1.79. The minimum atomic E-state index is -0.517. The number of benzene rings is 1. The SMILES string of the molecule is NC(=O)C(N)CC1Cc2ccccc2S1. The Morgan fingerprint density at radius 2 is 2.27 bits per heavy atom. The number of nitrogens with two attached hydrogens (primary N) is 2. The van der Waals surface area contributed by atoms with Crippen molar-refractivity contribution >= 4 is 17.7 Å². The number of hydrogen-bond acceptors (Lipinski definition) is 3. The summed E-state index contributed by atoms with van der Waals surface area (Å²) in [7, 11) is 0. The molecular weight excluding hydrogens is 208 g/mol. The maximum atomic E-state index is 10.8. The highest BCUT2D eigenvalue weighted by atomic mass is 32.2. The van der Waals surface area contributed by atoms with Crippen molar-refractivity contribution in [2.45, 2.75) is 29.0 Å². The van der Waals surface area contributed by atoms with Gasteiger partial charge in [0.15, 0.2) is 0 Å². The Balaban J connectivity index is 1.99. The highest BCUT2D eigenvalue weighted by molar-refractivity contribution is 8.00. The van der Waals surface area contributed by atoms with Gasteiger partial charge in [-0.2, -0.15) is 0 Å². The van der Waals surface area contributed by atoms with E-state index in [1.807, 2.05) is 12.1 Å². The molecule has 0 aliphatic carbocycles. The number of primary amides is 1. The fourth-order valence-corrected chi connectivity index (χ4v) is 3.17. The van der Waals surface area contributed by atoms with Gasteiger partial charge in [-0.15, -0.1) is 11.8 Å². The van der Waals surface area contributed by atoms with Gasteiger partial charge < -0.3 is 11.5 Å². The Morgan fingerprint density at radius 1 is 1.53 bits per heavy atom. The van der Waals surface area contributed by atoms with Gasteiger partial charge in [0, 0.05) is 10.1 Å². The van der Waals surface area contributed by atoms with Crippen LogP contribution in [0.25, 0.3) is 0 Å². The van der Waals surface area contributed by atoms with Crippen LogP contribution in [0.1, 0.15) is 12.0 Å². The summed E-state index contributed by atoms with van der Waals surface area (Å²) in [6.07, 6.45) is 1.65. The fourth-order valence-electron chi connectivity index (χ4n) is 1.78. The quantitative estimate of drug-likeness (QED) is 0.798. The van der Waals surface area contributed by atoms with Crippen LogP contribution in [0.2, 0.25) is 0 Å². The lowest BCUT2D eigenvalue weighted by Crippen LogP contribution is -2.38. The zero-order valence-electron chi connectivity index (χ0n) is 8.35. The molecule has 2 rings (SSSR count). The standard InChI is InChI=1S/C11H14N2OS/c12-9(11(13)14)6-8-5-7-3-1-2-4-10(7)15-8/h1-4,8-9H,5-6,12H2,(H2,13,14). The second-order valence-electron chi connectivity index (χ2n) is 3.80. The molecule has 0 aromatic heterocycles. The minimum absolute atomic E-state index is 0.393. The number of amides is 1. The van der Waals surface area contributed by atoms with E-state index in [0.29, 0.717) is 11.7 Å². The van der Waals surface area contributed by atoms with Crippen molar-refractivity contribution in [2.75, 3.05) is 0 Å². The van der Waals surface area contributed by atoms with Crippen molar-refractivity contribution < 1.29 is 4.79 Å². The third kappa shape index (κ3) is 2.33. The molecule has 0 fully saturated rings. The van der Waals surface area contributed by atoms with Crippen LogP contribution in [0.5, 0.6) is 0 Å². The van der Waals surface area contributed by atoms with Crippen molar-refractivity contribution in [1.82, 2.24) is 0 Å². The molecule has 4 heteroatoms. The molecule has 1 aromatic rings. The van der Waals surface area contributed by atoms with Crippen LogP contribution >= 0.6 is 11.8 Å². The van der Waals surface area contributed by atoms with E-state index in [2.05, 4.69) is 12.1 Å². The molecule has 1 aliphatic rings. The van der Waals surface area contributed by atoms with Crippen LogP contribution in [0.3, 0.4) is 0 Å². The summed E-state index contributed by atoms with van der Waals surface area (Å²) in [6, 6.07) is 7.78. The van der Waals surface area contributed by atoms with Gasteiger partial charge in [-0.25, -0.2) is 0 Å². The molecule has 0 spiro atoms. The topological polar surface area (TPSA) is 69.1 Å². The maximum absolute atomic E-state index is 10.8. The fraction of sp³-hybridized carbons (Fsp3) is 0.364. The van der Waals surface area contributed by atoms with Gasteiger partial charge in [0.2, 0.25) is 5.91 Å². The molecule has 80 valence electrons. The lowest BCUT2D eigenvalue weighted by Gasteiger charge is -2.12. The van der Waals surface area contributed by atoms with Crippen molar-refractivity contribution in [3.05, 3.63) is 29.8 Å². The maximum Gasteiger partial charge on any atom is 0.234 e. The molecular formula is C11H14N2OS. The number of thioether (sulfide) groups is 1. The lowest BCUT2D eigenvalue weighted by atomic mass is 10.0. The van der Waals surface area contributed by atoms with Gasteiger partial charge in [-0.05, 0) is 24.5 Å². The van der Waals surface area contributed by atoms with Gasteiger partial charge in [0.05, 0.1) is 6.04 Å². The minimum Gasteiger partial charge on any atom is -0.368 e. The molecule has 4 N–H and O–H groups in total. The third-order valence-corrected chi connectivity index (χ3v) is 3.94. The zero-order valence-corrected chi connectivity index (χ0v) is 9.17. The van der Waals surface area contributed by atoms with Gasteiger partial charge in [-0.3, -0.25) is 4.79 Å². The van der Waals surface area contributed by atoms with E-state index in [1.54, 1.807) is 11.8 Å². The van der Waals surface area contributed by atoms with E-state index < -0.39 is 11.9 Å². The highest BCUT2D eigenvalue weighted by Gasteiger charge is 2.25. The number of hydrogen-bond donors (Lipinski definition) is 2. The van der Waals surface area contributed by atoms with Crippen LogP contribution in [0.4, 0.5) is 0 Å². The van der Waals surface area contributed by atoms with E-state index >= 15 is 0 Å². The molecule has 0 radical (unpaired) electrons. The van der Waals surface area contributed by atoms with Gasteiger partial charge in [0.25, 0.3) is 0 Å². The number of carbonyl (C=O) groups excluding carboxylic acids is 1. The molecule has 0 bridgehead atoms. The second-order valence-corrected chi connectivity index (χ2v) is 5.14. The van der Waals surface area contributed by atoms with E-state index in [0.717, 1.165) is 6.42 Å². The molecule has 0 saturated carbocycles. The molecule has 15 heavy (non-hydrogen) atoms. The molecule has 1 amide bonds. The van der Waals surface area contributed by atoms with Crippen molar-refractivity contribution in [3.63, 3.8) is 0 Å². The Labute approximate surface area is 93.2 Å². The smallest absolute Gasteiger partial charge is 0.234 e. The first-order valence-electron chi connectivity index (χ1n) is 4.96. The predicted molar refractivity (Wildman–Crippen MR) is 61.6 cm³/mol. The summed E-state index contributed by atoms with van der Waals surface area (Å²) < 4.78 is 0. The average Bonchev–Trinajstić information content (AvgIpc) is 2.59. The lowest BCUT2D eigenvalue weighted by molar-refractivity contribution is -0.119. The number of fused-ring (bicyclic) bond motifs is 1. The monoisotopic (exact) mass is 222 g/mol. The Hall–Kier alpha value is -1.00. The zero-order chi connectivity index (χ0) is 10.8. The van der Waals surface area contributed by atoms with Gasteiger partial charge >= 0.3 is 0 Å².